The molecule has 0 aromatic heterocycles. The summed E-state index contributed by atoms with van der Waals surface area (Å²) in [6.45, 7) is 13.9. The SMILES string of the molecule is C=C(COc1ccc(C(C)C)cc1)CSc1ccc(OC(C)(C)C(=O)O)c(C)c1. The number of carbonyl (C=O) groups is 1. The Kier molecular flexibility index (Phi) is 7.80. The predicted octanol–water partition coefficient (Wildman–Crippen LogP) is 6.09. The highest BCUT2D eigenvalue weighted by atomic mass is 32.2. The topological polar surface area (TPSA) is 55.8 Å². The predicted molar refractivity (Wildman–Crippen MR) is 119 cm³/mol. The molecule has 0 spiro atoms. The number of benzene rings is 2. The molecule has 0 saturated carbocycles. The van der Waals surface area contributed by atoms with Crippen molar-refractivity contribution in [3.05, 3.63) is 65.7 Å². The second kappa shape index (κ2) is 9.88. The monoisotopic (exact) mass is 414 g/mol. The van der Waals surface area contributed by atoms with E-state index in [1.165, 1.54) is 19.4 Å². The molecule has 0 radical (unpaired) electrons. The third-order valence-electron chi connectivity index (χ3n) is 4.46. The molecule has 2 aromatic rings. The first-order chi connectivity index (χ1) is 13.6. The minimum Gasteiger partial charge on any atom is -0.489 e. The zero-order valence-electron chi connectivity index (χ0n) is 17.8. The van der Waals surface area contributed by atoms with E-state index in [2.05, 4.69) is 32.6 Å². The fraction of sp³-hybridized carbons (Fsp3) is 0.375. The van der Waals surface area contributed by atoms with E-state index >= 15 is 0 Å². The second-order valence-electron chi connectivity index (χ2n) is 7.90. The Morgan fingerprint density at radius 2 is 1.83 bits per heavy atom. The summed E-state index contributed by atoms with van der Waals surface area (Å²) in [4.78, 5) is 12.3. The molecule has 1 N–H and O–H groups in total. The van der Waals surface area contributed by atoms with Gasteiger partial charge in [0, 0.05) is 10.6 Å². The number of thioether (sulfide) groups is 1. The minimum absolute atomic E-state index is 0.473. The molecule has 0 aliphatic rings. The van der Waals surface area contributed by atoms with E-state index in [9.17, 15) is 9.90 Å². The molecular formula is C24H30O4S. The summed E-state index contributed by atoms with van der Waals surface area (Å²) >= 11 is 1.67. The number of ether oxygens (including phenoxy) is 2. The van der Waals surface area contributed by atoms with Crippen LogP contribution in [0.4, 0.5) is 0 Å². The van der Waals surface area contributed by atoms with Gasteiger partial charge in [-0.25, -0.2) is 4.79 Å². The first-order valence-corrected chi connectivity index (χ1v) is 10.6. The van der Waals surface area contributed by atoms with Crippen molar-refractivity contribution in [1.29, 1.82) is 0 Å². The number of hydrogen-bond donors (Lipinski definition) is 1. The smallest absolute Gasteiger partial charge is 0.347 e. The second-order valence-corrected chi connectivity index (χ2v) is 8.94. The molecule has 0 amide bonds. The van der Waals surface area contributed by atoms with E-state index in [0.717, 1.165) is 27.5 Å². The van der Waals surface area contributed by atoms with Gasteiger partial charge in [0.25, 0.3) is 0 Å². The summed E-state index contributed by atoms with van der Waals surface area (Å²) in [5.74, 6) is 1.67. The van der Waals surface area contributed by atoms with Gasteiger partial charge in [-0.3, -0.25) is 0 Å². The van der Waals surface area contributed by atoms with Crippen molar-refractivity contribution in [2.45, 2.75) is 51.0 Å². The maximum absolute atomic E-state index is 11.2. The summed E-state index contributed by atoms with van der Waals surface area (Å²) in [5, 5.41) is 9.21. The lowest BCUT2D eigenvalue weighted by atomic mass is 10.0. The molecule has 29 heavy (non-hydrogen) atoms. The van der Waals surface area contributed by atoms with Crippen LogP contribution < -0.4 is 9.47 Å². The highest BCUT2D eigenvalue weighted by molar-refractivity contribution is 7.99. The maximum Gasteiger partial charge on any atom is 0.347 e. The molecule has 5 heteroatoms. The van der Waals surface area contributed by atoms with Crippen molar-refractivity contribution >= 4 is 17.7 Å². The van der Waals surface area contributed by atoms with Gasteiger partial charge in [-0.1, -0.05) is 32.6 Å². The average Bonchev–Trinajstić information content (AvgIpc) is 2.66. The summed E-state index contributed by atoms with van der Waals surface area (Å²) in [6, 6.07) is 13.9. The minimum atomic E-state index is -1.27. The van der Waals surface area contributed by atoms with Gasteiger partial charge in [-0.2, -0.15) is 0 Å². The standard InChI is InChI=1S/C24H30O4S/c1-16(2)19-7-9-20(10-8-19)27-14-17(3)15-29-21-11-12-22(18(4)13-21)28-24(5,6)23(25)26/h7-13,16H,3,14-15H2,1-2,4-6H3,(H,25,26). The molecule has 0 aliphatic heterocycles. The van der Waals surface area contributed by atoms with Crippen molar-refractivity contribution in [3.63, 3.8) is 0 Å². The molecule has 2 rings (SSSR count). The number of carboxylic acid groups (broad SMARTS) is 1. The number of aryl methyl sites for hydroxylation is 1. The maximum atomic E-state index is 11.2. The van der Waals surface area contributed by atoms with Crippen molar-refractivity contribution in [2.75, 3.05) is 12.4 Å². The fourth-order valence-corrected chi connectivity index (χ4v) is 3.38. The Bertz CT molecular complexity index is 854. The normalized spacial score (nSPS) is 11.4. The van der Waals surface area contributed by atoms with Gasteiger partial charge < -0.3 is 14.6 Å². The average molecular weight is 415 g/mol. The van der Waals surface area contributed by atoms with E-state index in [1.807, 2.05) is 37.3 Å². The Balaban J connectivity index is 1.85. The van der Waals surface area contributed by atoms with Crippen molar-refractivity contribution in [2.24, 2.45) is 0 Å². The van der Waals surface area contributed by atoms with Crippen LogP contribution in [0.25, 0.3) is 0 Å². The Hall–Kier alpha value is -2.40. The van der Waals surface area contributed by atoms with Crippen LogP contribution in [0, 0.1) is 6.92 Å². The Morgan fingerprint density at radius 1 is 1.17 bits per heavy atom. The van der Waals surface area contributed by atoms with Crippen LogP contribution in [0.15, 0.2) is 59.5 Å². The molecule has 0 aliphatic carbocycles. The van der Waals surface area contributed by atoms with Crippen molar-refractivity contribution < 1.29 is 19.4 Å². The van der Waals surface area contributed by atoms with Gasteiger partial charge in [0.2, 0.25) is 0 Å². The summed E-state index contributed by atoms with van der Waals surface area (Å²) in [6.07, 6.45) is 0. The van der Waals surface area contributed by atoms with Gasteiger partial charge in [-0.15, -0.1) is 11.8 Å². The number of hydrogen-bond acceptors (Lipinski definition) is 4. The van der Waals surface area contributed by atoms with Crippen LogP contribution in [0.5, 0.6) is 11.5 Å². The summed E-state index contributed by atoms with van der Waals surface area (Å²) in [5.41, 5.74) is 1.92. The highest BCUT2D eigenvalue weighted by Crippen LogP contribution is 2.29. The van der Waals surface area contributed by atoms with E-state index < -0.39 is 11.6 Å². The Labute approximate surface area is 177 Å². The van der Waals surface area contributed by atoms with E-state index in [4.69, 9.17) is 9.47 Å². The number of aliphatic carboxylic acids is 1. The third kappa shape index (κ3) is 6.86. The van der Waals surface area contributed by atoms with Crippen LogP contribution in [-0.4, -0.2) is 29.0 Å². The Morgan fingerprint density at radius 3 is 2.38 bits per heavy atom. The first kappa shape index (κ1) is 22.9. The molecule has 0 atom stereocenters. The van der Waals surface area contributed by atoms with Gasteiger partial charge in [-0.05, 0) is 73.7 Å². The lowest BCUT2D eigenvalue weighted by molar-refractivity contribution is -0.152. The van der Waals surface area contributed by atoms with Crippen molar-refractivity contribution in [1.82, 2.24) is 0 Å². The van der Waals surface area contributed by atoms with Gasteiger partial charge in [0.1, 0.15) is 18.1 Å². The largest absolute Gasteiger partial charge is 0.489 e. The summed E-state index contributed by atoms with van der Waals surface area (Å²) < 4.78 is 11.5. The van der Waals surface area contributed by atoms with Crippen LogP contribution in [0.2, 0.25) is 0 Å². The molecule has 0 bridgehead atoms. The quantitative estimate of drug-likeness (QED) is 0.377. The van der Waals surface area contributed by atoms with Gasteiger partial charge in [0.05, 0.1) is 0 Å². The molecule has 0 fully saturated rings. The number of carboxylic acids is 1. The van der Waals surface area contributed by atoms with Crippen LogP contribution in [0.1, 0.15) is 44.7 Å². The van der Waals surface area contributed by atoms with Crippen LogP contribution in [0.3, 0.4) is 0 Å². The van der Waals surface area contributed by atoms with Crippen LogP contribution in [-0.2, 0) is 4.79 Å². The van der Waals surface area contributed by atoms with E-state index in [-0.39, 0.29) is 0 Å². The van der Waals surface area contributed by atoms with E-state index in [1.54, 1.807) is 11.8 Å². The highest BCUT2D eigenvalue weighted by Gasteiger charge is 2.29. The van der Waals surface area contributed by atoms with Crippen LogP contribution >= 0.6 is 11.8 Å². The lowest BCUT2D eigenvalue weighted by Crippen LogP contribution is -2.38. The molecule has 156 valence electrons. The zero-order chi connectivity index (χ0) is 21.6. The molecule has 4 nitrogen and oxygen atoms in total. The number of rotatable bonds is 10. The molecule has 0 unspecified atom stereocenters. The van der Waals surface area contributed by atoms with Gasteiger partial charge in [0.15, 0.2) is 5.60 Å². The van der Waals surface area contributed by atoms with Gasteiger partial charge >= 0.3 is 5.97 Å². The molecular weight excluding hydrogens is 384 g/mol. The molecule has 0 saturated heterocycles. The third-order valence-corrected chi connectivity index (χ3v) is 5.60. The van der Waals surface area contributed by atoms with E-state index in [0.29, 0.717) is 18.3 Å². The molecule has 0 heterocycles. The van der Waals surface area contributed by atoms with Crippen molar-refractivity contribution in [3.8, 4) is 11.5 Å². The summed E-state index contributed by atoms with van der Waals surface area (Å²) in [7, 11) is 0. The first-order valence-electron chi connectivity index (χ1n) is 9.64. The zero-order valence-corrected chi connectivity index (χ0v) is 18.6. The lowest BCUT2D eigenvalue weighted by Gasteiger charge is -2.23. The fourth-order valence-electron chi connectivity index (χ4n) is 2.51. The molecule has 2 aromatic carbocycles.